The van der Waals surface area contributed by atoms with Crippen LogP contribution in [0, 0.1) is 5.92 Å². The fraction of sp³-hybridized carbons (Fsp3) is 0.643. The molecule has 2 rings (SSSR count). The molecule has 0 spiro atoms. The predicted molar refractivity (Wildman–Crippen MR) is 93.1 cm³/mol. The molecule has 0 unspecified atom stereocenters. The van der Waals surface area contributed by atoms with E-state index >= 15 is 0 Å². The second kappa shape index (κ2) is 9.96. The number of piperazine rings is 1. The molecule has 0 saturated carbocycles. The fourth-order valence-electron chi connectivity index (χ4n) is 2.56. The molecule has 0 radical (unpaired) electrons. The Labute approximate surface area is 142 Å². The van der Waals surface area contributed by atoms with E-state index in [1.165, 1.54) is 12.0 Å². The number of hydrogen-bond acceptors (Lipinski definition) is 3. The maximum atomic E-state index is 4.38. The molecule has 20 heavy (non-hydrogen) atoms. The zero-order valence-corrected chi connectivity index (χ0v) is 15.2. The Bertz CT molecular complexity index is 384. The average molecular weight is 385 g/mol. The Hall–Kier alpha value is 0.130. The van der Waals surface area contributed by atoms with E-state index in [1.54, 1.807) is 0 Å². The molecule has 1 aliphatic rings. The zero-order chi connectivity index (χ0) is 13.0. The molecule has 3 nitrogen and oxygen atoms in total. The molecular weight excluding hydrogens is 361 g/mol. The highest BCUT2D eigenvalue weighted by Gasteiger charge is 2.24. The highest BCUT2D eigenvalue weighted by Crippen LogP contribution is 2.31. The highest BCUT2D eigenvalue weighted by molar-refractivity contribution is 9.10. The highest BCUT2D eigenvalue weighted by atomic mass is 79.9. The Balaban J connectivity index is 0.00000180. The third-order valence-electron chi connectivity index (χ3n) is 3.43. The van der Waals surface area contributed by atoms with Gasteiger partial charge in [-0.3, -0.25) is 4.90 Å². The minimum absolute atomic E-state index is 0. The molecule has 2 heterocycles. The van der Waals surface area contributed by atoms with Crippen LogP contribution in [0.5, 0.6) is 0 Å². The average Bonchev–Trinajstić information content (AvgIpc) is 2.38. The molecule has 1 fully saturated rings. The first-order valence-corrected chi connectivity index (χ1v) is 7.53. The molecule has 1 atom stereocenters. The van der Waals surface area contributed by atoms with Crippen LogP contribution in [0.15, 0.2) is 22.9 Å². The lowest BCUT2D eigenvalue weighted by atomic mass is 9.96. The summed E-state index contributed by atoms with van der Waals surface area (Å²) in [4.78, 5) is 6.96. The molecule has 1 aliphatic heterocycles. The van der Waals surface area contributed by atoms with Crippen molar-refractivity contribution in [1.82, 2.24) is 15.2 Å². The van der Waals surface area contributed by atoms with Gasteiger partial charge in [0.25, 0.3) is 0 Å². The molecule has 1 N–H and O–H groups in total. The summed E-state index contributed by atoms with van der Waals surface area (Å²) < 4.78 is 0.995. The first-order chi connectivity index (χ1) is 8.68. The number of rotatable bonds is 4. The number of halogens is 3. The van der Waals surface area contributed by atoms with Gasteiger partial charge in [0.05, 0.1) is 0 Å². The maximum Gasteiger partial charge on any atom is 0.110 e. The summed E-state index contributed by atoms with van der Waals surface area (Å²) in [6.07, 6.45) is 3.03. The second-order valence-electron chi connectivity index (χ2n) is 5.31. The van der Waals surface area contributed by atoms with Crippen LogP contribution in [0.3, 0.4) is 0 Å². The van der Waals surface area contributed by atoms with Gasteiger partial charge in [-0.15, -0.1) is 24.8 Å². The molecule has 1 saturated heterocycles. The molecule has 1 aromatic rings. The van der Waals surface area contributed by atoms with E-state index in [0.29, 0.717) is 12.0 Å². The maximum absolute atomic E-state index is 4.38. The van der Waals surface area contributed by atoms with E-state index in [9.17, 15) is 0 Å². The Morgan fingerprint density at radius 2 is 1.95 bits per heavy atom. The molecule has 0 aliphatic carbocycles. The van der Waals surface area contributed by atoms with Crippen molar-refractivity contribution in [3.63, 3.8) is 0 Å². The summed E-state index contributed by atoms with van der Waals surface area (Å²) >= 11 is 3.60. The van der Waals surface area contributed by atoms with Gasteiger partial charge in [-0.05, 0) is 34.3 Å². The van der Waals surface area contributed by atoms with Crippen LogP contribution in [-0.4, -0.2) is 36.1 Å². The third-order valence-corrected chi connectivity index (χ3v) is 4.10. The lowest BCUT2D eigenvalue weighted by Gasteiger charge is -2.36. The fourth-order valence-corrected chi connectivity index (χ4v) is 3.07. The number of nitrogens with one attached hydrogen (secondary N) is 1. The second-order valence-corrected chi connectivity index (χ2v) is 6.07. The Kier molecular flexibility index (Phi) is 10.0. The van der Waals surface area contributed by atoms with Gasteiger partial charge < -0.3 is 5.32 Å². The number of aromatic nitrogens is 1. The Morgan fingerprint density at radius 3 is 2.50 bits per heavy atom. The summed E-state index contributed by atoms with van der Waals surface area (Å²) in [6.45, 7) is 9.01. The normalized spacial score (nSPS) is 17.2. The van der Waals surface area contributed by atoms with Crippen molar-refractivity contribution in [2.24, 2.45) is 5.92 Å². The van der Waals surface area contributed by atoms with Gasteiger partial charge in [0.1, 0.15) is 4.60 Å². The monoisotopic (exact) mass is 383 g/mol. The summed E-state index contributed by atoms with van der Waals surface area (Å²) in [5.41, 5.74) is 1.33. The molecule has 0 bridgehead atoms. The van der Waals surface area contributed by atoms with Gasteiger partial charge in [0.15, 0.2) is 0 Å². The van der Waals surface area contributed by atoms with Gasteiger partial charge in [0.2, 0.25) is 0 Å². The smallest absolute Gasteiger partial charge is 0.110 e. The standard InChI is InChI=1S/C14H22BrN3.2ClH/c1-11(2)10-13(18-8-6-16-7-9-18)12-4-3-5-17-14(12)15;;/h3-5,11,13,16H,6-10H2,1-2H3;2*1H/t13-;;/m0../s1. The summed E-state index contributed by atoms with van der Waals surface area (Å²) in [6, 6.07) is 4.72. The topological polar surface area (TPSA) is 28.2 Å². The van der Waals surface area contributed by atoms with Crippen LogP contribution >= 0.6 is 40.7 Å². The van der Waals surface area contributed by atoms with Crippen molar-refractivity contribution in [3.05, 3.63) is 28.5 Å². The van der Waals surface area contributed by atoms with Crippen molar-refractivity contribution in [3.8, 4) is 0 Å². The minimum Gasteiger partial charge on any atom is -0.314 e. The van der Waals surface area contributed by atoms with Crippen LogP contribution in [0.1, 0.15) is 31.9 Å². The zero-order valence-electron chi connectivity index (χ0n) is 12.0. The number of nitrogens with zero attached hydrogens (tertiary/aromatic N) is 2. The third kappa shape index (κ3) is 5.49. The van der Waals surface area contributed by atoms with E-state index in [2.05, 4.69) is 51.0 Å². The lowest BCUT2D eigenvalue weighted by molar-refractivity contribution is 0.153. The van der Waals surface area contributed by atoms with Gasteiger partial charge >= 0.3 is 0 Å². The van der Waals surface area contributed by atoms with E-state index < -0.39 is 0 Å². The molecule has 1 aromatic heterocycles. The molecule has 0 amide bonds. The van der Waals surface area contributed by atoms with E-state index in [1.807, 2.05) is 12.3 Å². The summed E-state index contributed by atoms with van der Waals surface area (Å²) in [5.74, 6) is 0.692. The van der Waals surface area contributed by atoms with Crippen molar-refractivity contribution < 1.29 is 0 Å². The SMILES string of the molecule is CC(C)C[C@@H](c1cccnc1Br)N1CCNCC1.Cl.Cl. The summed E-state index contributed by atoms with van der Waals surface area (Å²) in [7, 11) is 0. The predicted octanol–water partition coefficient (Wildman–Crippen LogP) is 3.68. The van der Waals surface area contributed by atoms with Crippen LogP contribution in [0.4, 0.5) is 0 Å². The van der Waals surface area contributed by atoms with Crippen molar-refractivity contribution in [1.29, 1.82) is 0 Å². The van der Waals surface area contributed by atoms with Crippen molar-refractivity contribution in [2.45, 2.75) is 26.3 Å². The minimum atomic E-state index is 0. The lowest BCUT2D eigenvalue weighted by Crippen LogP contribution is -2.45. The van der Waals surface area contributed by atoms with E-state index in [-0.39, 0.29) is 24.8 Å². The first-order valence-electron chi connectivity index (χ1n) is 6.73. The van der Waals surface area contributed by atoms with Crippen LogP contribution in [0.25, 0.3) is 0 Å². The van der Waals surface area contributed by atoms with Crippen molar-refractivity contribution in [2.75, 3.05) is 26.2 Å². The van der Waals surface area contributed by atoms with Gasteiger partial charge in [-0.1, -0.05) is 19.9 Å². The summed E-state index contributed by atoms with van der Waals surface area (Å²) in [5, 5.41) is 3.42. The van der Waals surface area contributed by atoms with Crippen LogP contribution < -0.4 is 5.32 Å². The largest absolute Gasteiger partial charge is 0.314 e. The molecular formula is C14H24BrCl2N3. The number of hydrogen-bond donors (Lipinski definition) is 1. The van der Waals surface area contributed by atoms with Crippen molar-refractivity contribution >= 4 is 40.7 Å². The van der Waals surface area contributed by atoms with Crippen LogP contribution in [-0.2, 0) is 0 Å². The first kappa shape index (κ1) is 20.1. The van der Waals surface area contributed by atoms with E-state index in [0.717, 1.165) is 30.8 Å². The van der Waals surface area contributed by atoms with Gasteiger partial charge in [0, 0.05) is 44.0 Å². The molecule has 0 aromatic carbocycles. The van der Waals surface area contributed by atoms with Gasteiger partial charge in [-0.25, -0.2) is 4.98 Å². The van der Waals surface area contributed by atoms with E-state index in [4.69, 9.17) is 0 Å². The Morgan fingerprint density at radius 1 is 1.30 bits per heavy atom. The quantitative estimate of drug-likeness (QED) is 0.802. The molecule has 6 heteroatoms. The molecule has 116 valence electrons. The number of pyridine rings is 1. The van der Waals surface area contributed by atoms with Gasteiger partial charge in [-0.2, -0.15) is 0 Å². The van der Waals surface area contributed by atoms with Crippen LogP contribution in [0.2, 0.25) is 0 Å².